The lowest BCUT2D eigenvalue weighted by molar-refractivity contribution is -0.139. The number of benzene rings is 2. The minimum absolute atomic E-state index is 0.0991. The van der Waals surface area contributed by atoms with Crippen LogP contribution in [0, 0.1) is 19.7 Å². The van der Waals surface area contributed by atoms with Crippen LogP contribution in [0.25, 0.3) is 16.9 Å². The third kappa shape index (κ3) is 4.93. The van der Waals surface area contributed by atoms with Crippen LogP contribution in [0.3, 0.4) is 0 Å². The molecule has 34 heavy (non-hydrogen) atoms. The number of hydrogen-bond acceptors (Lipinski definition) is 6. The van der Waals surface area contributed by atoms with Gasteiger partial charge in [-0.2, -0.15) is 0 Å². The van der Waals surface area contributed by atoms with Crippen LogP contribution < -0.4 is 15.6 Å². The monoisotopic (exact) mass is 460 g/mol. The molecule has 0 fully saturated rings. The Kier molecular flexibility index (Phi) is 6.35. The second kappa shape index (κ2) is 9.53. The highest BCUT2D eigenvalue weighted by molar-refractivity contribution is 5.70. The summed E-state index contributed by atoms with van der Waals surface area (Å²) in [5, 5.41) is 11.9. The minimum atomic E-state index is -1.09. The zero-order valence-corrected chi connectivity index (χ0v) is 18.4. The fourth-order valence-electron chi connectivity index (χ4n) is 3.51. The van der Waals surface area contributed by atoms with E-state index in [4.69, 9.17) is 9.84 Å². The van der Waals surface area contributed by atoms with Crippen LogP contribution in [-0.2, 0) is 4.79 Å². The number of anilines is 2. The van der Waals surface area contributed by atoms with Gasteiger partial charge >= 0.3 is 5.97 Å². The van der Waals surface area contributed by atoms with Crippen LogP contribution in [0.5, 0.6) is 5.75 Å². The number of aryl methyl sites for hydroxylation is 2. The highest BCUT2D eigenvalue weighted by Gasteiger charge is 2.14. The molecule has 0 saturated carbocycles. The van der Waals surface area contributed by atoms with E-state index < -0.39 is 18.1 Å². The van der Waals surface area contributed by atoms with E-state index in [0.29, 0.717) is 28.5 Å². The zero-order chi connectivity index (χ0) is 24.2. The highest BCUT2D eigenvalue weighted by atomic mass is 19.1. The number of pyridine rings is 1. The Morgan fingerprint density at radius 2 is 1.88 bits per heavy atom. The van der Waals surface area contributed by atoms with Crippen molar-refractivity contribution in [3.8, 4) is 22.7 Å². The maximum absolute atomic E-state index is 13.2. The summed E-state index contributed by atoms with van der Waals surface area (Å²) in [5.74, 6) is -0.584. The number of ether oxygens (including phenoxy) is 1. The molecule has 9 heteroatoms. The summed E-state index contributed by atoms with van der Waals surface area (Å²) in [6.45, 7) is 2.95. The molecular weight excluding hydrogens is 439 g/mol. The SMILES string of the molecule is Cc1cc(-n2ccnc(Nc3cccc(-c4ccc(F)cc4)c3)c2=O)nc(C)c1OCC(=O)O. The summed E-state index contributed by atoms with van der Waals surface area (Å²) in [6, 6.07) is 15.1. The summed E-state index contributed by atoms with van der Waals surface area (Å²) in [6.07, 6.45) is 2.98. The Bertz CT molecular complexity index is 1390. The number of hydrogen-bond donors (Lipinski definition) is 2. The molecule has 2 heterocycles. The molecular formula is C25H21FN4O4. The van der Waals surface area contributed by atoms with Gasteiger partial charge in [-0.25, -0.2) is 19.2 Å². The van der Waals surface area contributed by atoms with Gasteiger partial charge in [-0.15, -0.1) is 0 Å². The molecule has 0 unspecified atom stereocenters. The lowest BCUT2D eigenvalue weighted by Crippen LogP contribution is -2.23. The van der Waals surface area contributed by atoms with Crippen molar-refractivity contribution in [2.24, 2.45) is 0 Å². The lowest BCUT2D eigenvalue weighted by Gasteiger charge is -2.14. The molecule has 0 bridgehead atoms. The van der Waals surface area contributed by atoms with Gasteiger partial charge in [-0.05, 0) is 60.9 Å². The average Bonchev–Trinajstić information content (AvgIpc) is 2.80. The third-order valence-electron chi connectivity index (χ3n) is 5.05. The summed E-state index contributed by atoms with van der Waals surface area (Å²) >= 11 is 0. The standard InChI is InChI=1S/C25H21FN4O4/c1-15-12-21(28-16(2)23(15)34-14-22(31)32)30-11-10-27-24(25(30)33)29-20-5-3-4-18(13-20)17-6-8-19(26)9-7-17/h3-13H,14H2,1-2H3,(H,27,29)(H,31,32). The fraction of sp³-hybridized carbons (Fsp3) is 0.120. The number of nitrogens with zero attached hydrogens (tertiary/aromatic N) is 3. The molecule has 0 amide bonds. The number of rotatable bonds is 7. The van der Waals surface area contributed by atoms with Crippen molar-refractivity contribution in [3.63, 3.8) is 0 Å². The molecule has 0 spiro atoms. The number of carbonyl (C=O) groups is 1. The van der Waals surface area contributed by atoms with Crippen molar-refractivity contribution in [2.45, 2.75) is 13.8 Å². The van der Waals surface area contributed by atoms with Crippen molar-refractivity contribution >= 4 is 17.5 Å². The molecule has 2 N–H and O–H groups in total. The molecule has 4 aromatic rings. The number of nitrogens with one attached hydrogen (secondary N) is 1. The summed E-state index contributed by atoms with van der Waals surface area (Å²) < 4.78 is 19.9. The van der Waals surface area contributed by atoms with Crippen LogP contribution in [0.2, 0.25) is 0 Å². The molecule has 0 aliphatic heterocycles. The molecule has 172 valence electrons. The highest BCUT2D eigenvalue weighted by Crippen LogP contribution is 2.25. The summed E-state index contributed by atoms with van der Waals surface area (Å²) in [7, 11) is 0. The van der Waals surface area contributed by atoms with E-state index in [1.54, 1.807) is 38.1 Å². The van der Waals surface area contributed by atoms with E-state index in [9.17, 15) is 14.0 Å². The first-order chi connectivity index (χ1) is 16.3. The third-order valence-corrected chi connectivity index (χ3v) is 5.05. The molecule has 8 nitrogen and oxygen atoms in total. The number of carboxylic acids is 1. The first-order valence-electron chi connectivity index (χ1n) is 10.4. The van der Waals surface area contributed by atoms with Gasteiger partial charge in [-0.1, -0.05) is 24.3 Å². The van der Waals surface area contributed by atoms with Crippen LogP contribution in [0.1, 0.15) is 11.3 Å². The second-order valence-electron chi connectivity index (χ2n) is 7.56. The van der Waals surface area contributed by atoms with Crippen molar-refractivity contribution in [1.29, 1.82) is 0 Å². The van der Waals surface area contributed by atoms with Crippen molar-refractivity contribution in [1.82, 2.24) is 14.5 Å². The van der Waals surface area contributed by atoms with E-state index in [1.807, 2.05) is 18.2 Å². The van der Waals surface area contributed by atoms with E-state index >= 15 is 0 Å². The Labute approximate surface area is 194 Å². The first kappa shape index (κ1) is 22.7. The zero-order valence-electron chi connectivity index (χ0n) is 18.4. The van der Waals surface area contributed by atoms with Crippen LogP contribution >= 0.6 is 0 Å². The minimum Gasteiger partial charge on any atom is -0.480 e. The van der Waals surface area contributed by atoms with E-state index in [1.165, 1.54) is 29.1 Å². The lowest BCUT2D eigenvalue weighted by atomic mass is 10.1. The van der Waals surface area contributed by atoms with Gasteiger partial charge in [0.25, 0.3) is 5.56 Å². The maximum atomic E-state index is 13.2. The Morgan fingerprint density at radius 3 is 2.59 bits per heavy atom. The molecule has 4 rings (SSSR count). The van der Waals surface area contributed by atoms with Gasteiger partial charge in [-0.3, -0.25) is 9.36 Å². The van der Waals surface area contributed by atoms with Crippen molar-refractivity contribution < 1.29 is 19.0 Å². The molecule has 0 atom stereocenters. The van der Waals surface area contributed by atoms with Gasteiger partial charge in [0.15, 0.2) is 12.4 Å². The van der Waals surface area contributed by atoms with Gasteiger partial charge < -0.3 is 15.2 Å². The number of carboxylic acid groups (broad SMARTS) is 1. The average molecular weight is 460 g/mol. The fourth-order valence-corrected chi connectivity index (χ4v) is 3.51. The molecule has 2 aromatic carbocycles. The Morgan fingerprint density at radius 1 is 1.12 bits per heavy atom. The van der Waals surface area contributed by atoms with Gasteiger partial charge in [0, 0.05) is 18.1 Å². The van der Waals surface area contributed by atoms with E-state index in [0.717, 1.165) is 11.1 Å². The van der Waals surface area contributed by atoms with Crippen molar-refractivity contribution in [2.75, 3.05) is 11.9 Å². The Hall–Kier alpha value is -4.53. The van der Waals surface area contributed by atoms with Crippen LogP contribution in [0.15, 0.2) is 71.8 Å². The van der Waals surface area contributed by atoms with Gasteiger partial charge in [0.1, 0.15) is 17.4 Å². The maximum Gasteiger partial charge on any atom is 0.341 e. The van der Waals surface area contributed by atoms with E-state index in [2.05, 4.69) is 15.3 Å². The normalized spacial score (nSPS) is 10.7. The largest absolute Gasteiger partial charge is 0.480 e. The van der Waals surface area contributed by atoms with Crippen LogP contribution in [-0.4, -0.2) is 32.2 Å². The van der Waals surface area contributed by atoms with Crippen LogP contribution in [0.4, 0.5) is 15.9 Å². The predicted octanol–water partition coefficient (Wildman–Crippen LogP) is 4.26. The van der Waals surface area contributed by atoms with Gasteiger partial charge in [0.05, 0.1) is 5.69 Å². The molecule has 0 aliphatic rings. The smallest absolute Gasteiger partial charge is 0.341 e. The molecule has 2 aromatic heterocycles. The summed E-state index contributed by atoms with van der Waals surface area (Å²) in [4.78, 5) is 32.5. The molecule has 0 radical (unpaired) electrons. The number of aromatic nitrogens is 3. The first-order valence-corrected chi connectivity index (χ1v) is 10.4. The van der Waals surface area contributed by atoms with Crippen molar-refractivity contribution in [3.05, 3.63) is 94.4 Å². The summed E-state index contributed by atoms with van der Waals surface area (Å²) in [5.41, 5.74) is 3.02. The molecule has 0 aliphatic carbocycles. The number of halogens is 1. The van der Waals surface area contributed by atoms with E-state index in [-0.39, 0.29) is 11.6 Å². The van der Waals surface area contributed by atoms with Gasteiger partial charge in [0.2, 0.25) is 0 Å². The topological polar surface area (TPSA) is 106 Å². The quantitative estimate of drug-likeness (QED) is 0.424. The predicted molar refractivity (Wildman–Crippen MR) is 125 cm³/mol. The molecule has 0 saturated heterocycles. The number of aliphatic carboxylic acids is 1. The Balaban J connectivity index is 1.63. The second-order valence-corrected chi connectivity index (χ2v) is 7.56.